The molecule has 2 fully saturated rings. The molecule has 5 heteroatoms. The largest absolute Gasteiger partial charge is 0.381 e. The van der Waals surface area contributed by atoms with Crippen molar-refractivity contribution < 1.29 is 9.47 Å². The topological polar surface area (TPSA) is 39.0 Å². The maximum atomic E-state index is 6.04. The van der Waals surface area contributed by atoms with E-state index in [1.807, 2.05) is 20.3 Å². The van der Waals surface area contributed by atoms with Gasteiger partial charge in [0.15, 0.2) is 0 Å². The minimum Gasteiger partial charge on any atom is -0.381 e. The molecule has 2 aliphatic rings. The second-order valence-electron chi connectivity index (χ2n) is 7.21. The zero-order valence-corrected chi connectivity index (χ0v) is 14.9. The van der Waals surface area contributed by atoms with Gasteiger partial charge in [0, 0.05) is 39.5 Å². The van der Waals surface area contributed by atoms with Crippen LogP contribution in [-0.4, -0.2) is 52.8 Å². The third-order valence-corrected chi connectivity index (χ3v) is 6.17. The van der Waals surface area contributed by atoms with Crippen molar-refractivity contribution >= 4 is 5.65 Å². The van der Waals surface area contributed by atoms with Crippen molar-refractivity contribution in [2.45, 2.75) is 56.9 Å². The van der Waals surface area contributed by atoms with Gasteiger partial charge in [-0.3, -0.25) is 4.90 Å². The van der Waals surface area contributed by atoms with E-state index >= 15 is 0 Å². The molecule has 3 atom stereocenters. The third kappa shape index (κ3) is 2.46. The Labute approximate surface area is 143 Å². The van der Waals surface area contributed by atoms with E-state index in [2.05, 4.69) is 34.6 Å². The summed E-state index contributed by atoms with van der Waals surface area (Å²) in [5.74, 6) is 0. The maximum absolute atomic E-state index is 6.04. The summed E-state index contributed by atoms with van der Waals surface area (Å²) in [4.78, 5) is 7.29. The third-order valence-electron chi connectivity index (χ3n) is 6.17. The second-order valence-corrected chi connectivity index (χ2v) is 7.21. The number of aryl methyl sites for hydroxylation is 1. The fourth-order valence-corrected chi connectivity index (χ4v) is 4.71. The lowest BCUT2D eigenvalue weighted by Gasteiger charge is -2.43. The molecular weight excluding hydrogens is 302 g/mol. The van der Waals surface area contributed by atoms with Gasteiger partial charge in [0.25, 0.3) is 0 Å². The van der Waals surface area contributed by atoms with Gasteiger partial charge in [-0.2, -0.15) is 0 Å². The minimum absolute atomic E-state index is 0.00340. The van der Waals surface area contributed by atoms with E-state index in [4.69, 9.17) is 14.5 Å². The molecule has 0 aromatic carbocycles. The van der Waals surface area contributed by atoms with Gasteiger partial charge in [0.2, 0.25) is 0 Å². The molecule has 2 aromatic heterocycles. The number of nitrogens with zero attached hydrogens (tertiary/aromatic N) is 3. The summed E-state index contributed by atoms with van der Waals surface area (Å²) in [5.41, 5.74) is 3.44. The van der Waals surface area contributed by atoms with E-state index in [-0.39, 0.29) is 5.60 Å². The van der Waals surface area contributed by atoms with Crippen molar-refractivity contribution in [2.24, 2.45) is 0 Å². The average Bonchev–Trinajstić information content (AvgIpc) is 3.13. The average molecular weight is 329 g/mol. The van der Waals surface area contributed by atoms with Crippen LogP contribution in [0.25, 0.3) is 5.65 Å². The second kappa shape index (κ2) is 6.14. The molecule has 0 spiro atoms. The molecule has 5 nitrogen and oxygen atoms in total. The van der Waals surface area contributed by atoms with E-state index in [1.165, 1.54) is 5.69 Å². The number of methoxy groups -OCH3 is 2. The number of imidazole rings is 1. The van der Waals surface area contributed by atoms with Crippen LogP contribution in [0, 0.1) is 6.92 Å². The number of hydrogen-bond donors (Lipinski definition) is 0. The quantitative estimate of drug-likeness (QED) is 0.865. The number of hydrogen-bond acceptors (Lipinski definition) is 4. The van der Waals surface area contributed by atoms with Crippen LogP contribution in [0.2, 0.25) is 0 Å². The van der Waals surface area contributed by atoms with Crippen molar-refractivity contribution in [1.82, 2.24) is 14.3 Å². The number of fused-ring (bicyclic) bond motifs is 2. The summed E-state index contributed by atoms with van der Waals surface area (Å²) in [6.45, 7) is 4.11. The Balaban J connectivity index is 1.63. The molecule has 24 heavy (non-hydrogen) atoms. The Morgan fingerprint density at radius 1 is 1.29 bits per heavy atom. The van der Waals surface area contributed by atoms with Crippen LogP contribution < -0.4 is 0 Å². The Morgan fingerprint density at radius 2 is 2.17 bits per heavy atom. The number of ether oxygens (including phenoxy) is 2. The highest BCUT2D eigenvalue weighted by atomic mass is 16.5. The summed E-state index contributed by atoms with van der Waals surface area (Å²) in [7, 11) is 3.71. The number of aromatic nitrogens is 2. The first kappa shape index (κ1) is 16.1. The highest BCUT2D eigenvalue weighted by molar-refractivity contribution is 5.42. The van der Waals surface area contributed by atoms with Crippen molar-refractivity contribution in [2.75, 3.05) is 20.8 Å². The van der Waals surface area contributed by atoms with Gasteiger partial charge in [-0.25, -0.2) is 4.98 Å². The Hall–Kier alpha value is -1.43. The van der Waals surface area contributed by atoms with Crippen LogP contribution in [0.5, 0.6) is 0 Å². The van der Waals surface area contributed by atoms with Crippen molar-refractivity contribution in [3.8, 4) is 0 Å². The van der Waals surface area contributed by atoms with Crippen LogP contribution in [0.15, 0.2) is 24.4 Å². The monoisotopic (exact) mass is 329 g/mol. The molecule has 0 bridgehead atoms. The Bertz CT molecular complexity index is 728. The predicted octanol–water partition coefficient (Wildman–Crippen LogP) is 2.80. The van der Waals surface area contributed by atoms with E-state index in [1.54, 1.807) is 0 Å². The Morgan fingerprint density at radius 3 is 2.96 bits per heavy atom. The van der Waals surface area contributed by atoms with E-state index in [0.29, 0.717) is 12.1 Å². The van der Waals surface area contributed by atoms with Crippen LogP contribution in [0.4, 0.5) is 0 Å². The van der Waals surface area contributed by atoms with E-state index < -0.39 is 0 Å². The van der Waals surface area contributed by atoms with Gasteiger partial charge in [0.05, 0.1) is 23.1 Å². The van der Waals surface area contributed by atoms with Crippen molar-refractivity contribution in [3.63, 3.8) is 0 Å². The molecule has 0 radical (unpaired) electrons. The highest BCUT2D eigenvalue weighted by Crippen LogP contribution is 2.43. The fraction of sp³-hybridized carbons (Fsp3) is 0.632. The lowest BCUT2D eigenvalue weighted by Crippen LogP contribution is -2.51. The lowest BCUT2D eigenvalue weighted by atomic mass is 9.79. The molecular formula is C19H27N3O2. The van der Waals surface area contributed by atoms with Crippen LogP contribution in [0.3, 0.4) is 0 Å². The van der Waals surface area contributed by atoms with Crippen LogP contribution >= 0.6 is 0 Å². The Kier molecular flexibility index (Phi) is 4.11. The van der Waals surface area contributed by atoms with Gasteiger partial charge >= 0.3 is 0 Å². The summed E-state index contributed by atoms with van der Waals surface area (Å²) < 4.78 is 13.9. The first-order valence-corrected chi connectivity index (χ1v) is 8.91. The zero-order valence-electron chi connectivity index (χ0n) is 14.9. The smallest absolute Gasteiger partial charge is 0.137 e. The maximum Gasteiger partial charge on any atom is 0.137 e. The molecule has 1 aliphatic heterocycles. The molecule has 2 aromatic rings. The highest BCUT2D eigenvalue weighted by Gasteiger charge is 2.51. The number of pyridine rings is 1. The van der Waals surface area contributed by atoms with Gasteiger partial charge in [-0.05, 0) is 44.7 Å². The molecule has 0 N–H and O–H groups in total. The lowest BCUT2D eigenvalue weighted by molar-refractivity contribution is -0.0948. The van der Waals surface area contributed by atoms with Gasteiger partial charge in [-0.1, -0.05) is 6.07 Å². The predicted molar refractivity (Wildman–Crippen MR) is 93.1 cm³/mol. The van der Waals surface area contributed by atoms with Crippen LogP contribution in [0.1, 0.15) is 37.1 Å². The molecule has 0 unspecified atom stereocenters. The molecule has 3 heterocycles. The number of likely N-dealkylation sites (tertiary alicyclic amines) is 1. The summed E-state index contributed by atoms with van der Waals surface area (Å²) >= 11 is 0. The van der Waals surface area contributed by atoms with Crippen molar-refractivity contribution in [1.29, 1.82) is 0 Å². The molecule has 1 saturated heterocycles. The van der Waals surface area contributed by atoms with Gasteiger partial charge in [-0.15, -0.1) is 0 Å². The van der Waals surface area contributed by atoms with Gasteiger partial charge in [0.1, 0.15) is 5.65 Å². The normalized spacial score (nSPS) is 30.8. The summed E-state index contributed by atoms with van der Waals surface area (Å²) in [6.07, 6.45) is 6.82. The molecule has 1 saturated carbocycles. The summed E-state index contributed by atoms with van der Waals surface area (Å²) in [6, 6.07) is 6.61. The zero-order chi connectivity index (χ0) is 16.7. The summed E-state index contributed by atoms with van der Waals surface area (Å²) in [5, 5.41) is 0. The standard InChI is InChI=1S/C19H27N3O2/c1-14-16(22-10-5-4-6-18(22)20-14)13-21-11-9-19(24-3)8-7-15(23-2)12-17(19)21/h4-6,10,15,17H,7-9,11-13H2,1-3H3/t15-,17-,19+/m0/s1. The van der Waals surface area contributed by atoms with Crippen LogP contribution in [-0.2, 0) is 16.0 Å². The molecule has 130 valence electrons. The molecule has 4 rings (SSSR count). The first-order chi connectivity index (χ1) is 11.7. The van der Waals surface area contributed by atoms with E-state index in [0.717, 1.165) is 50.1 Å². The SMILES string of the molecule is CO[C@H]1CC[C@@]2(OC)CCN(Cc3c(C)nc4ccccn34)[C@H]2C1. The molecule has 0 amide bonds. The van der Waals surface area contributed by atoms with Gasteiger partial charge < -0.3 is 13.9 Å². The van der Waals surface area contributed by atoms with E-state index in [9.17, 15) is 0 Å². The number of rotatable bonds is 4. The minimum atomic E-state index is 0.00340. The fourth-order valence-electron chi connectivity index (χ4n) is 4.71. The first-order valence-electron chi connectivity index (χ1n) is 8.91. The van der Waals surface area contributed by atoms with Crippen molar-refractivity contribution in [3.05, 3.63) is 35.8 Å². The molecule has 1 aliphatic carbocycles.